The third-order valence-electron chi connectivity index (χ3n) is 7.68. The molecule has 0 heterocycles. The fourth-order valence-electron chi connectivity index (χ4n) is 6.15. The van der Waals surface area contributed by atoms with Gasteiger partial charge in [0, 0.05) is 0 Å². The maximum absolute atomic E-state index is 8.22. The monoisotopic (exact) mass is 597 g/mol. The number of fused-ring (bicyclic) bond motifs is 2. The number of rotatable bonds is 5. The van der Waals surface area contributed by atoms with E-state index in [0.29, 0.717) is 0 Å². The van der Waals surface area contributed by atoms with Crippen molar-refractivity contribution in [3.05, 3.63) is 69.8 Å². The van der Waals surface area contributed by atoms with E-state index in [1.807, 2.05) is 0 Å². The van der Waals surface area contributed by atoms with Crippen molar-refractivity contribution in [3.8, 4) is 0 Å². The number of hydrogen-bond acceptors (Lipinski definition) is 0. The van der Waals surface area contributed by atoms with Gasteiger partial charge in [0.2, 0.25) is 0 Å². The van der Waals surface area contributed by atoms with Gasteiger partial charge in [0.05, 0.1) is 0 Å². The molecule has 0 amide bonds. The molecule has 4 rings (SSSR count). The quantitative estimate of drug-likeness (QED) is 0.241. The first-order chi connectivity index (χ1) is 14.9. The third kappa shape index (κ3) is 3.71. The van der Waals surface area contributed by atoms with Crippen molar-refractivity contribution >= 4 is 61.6 Å². The Morgan fingerprint density at radius 2 is 1.09 bits per heavy atom. The first kappa shape index (κ1) is 25.5. The zero-order valence-corrected chi connectivity index (χ0v) is 27.4. The van der Waals surface area contributed by atoms with Crippen molar-refractivity contribution in [1.82, 2.24) is 0 Å². The summed E-state index contributed by atoms with van der Waals surface area (Å²) in [6, 6.07) is 13.8. The average Bonchev–Trinajstić information content (AvgIpc) is 3.23. The molecule has 0 aliphatic heterocycles. The summed E-state index contributed by atoms with van der Waals surface area (Å²) in [4.78, 5) is 0. The third-order valence-corrected chi connectivity index (χ3v) is 62.7. The van der Waals surface area contributed by atoms with Crippen LogP contribution in [-0.2, 0) is 15.6 Å². The van der Waals surface area contributed by atoms with Crippen LogP contribution < -0.4 is 10.6 Å². The fraction of sp³-hybridized carbons (Fsp3) is 0.385. The second kappa shape index (κ2) is 8.84. The van der Waals surface area contributed by atoms with Gasteiger partial charge in [-0.3, -0.25) is 0 Å². The molecule has 2 atom stereocenters. The van der Waals surface area contributed by atoms with Crippen LogP contribution in [0.1, 0.15) is 43.4 Å². The molecule has 2 unspecified atom stereocenters. The minimum atomic E-state index is -4.45. The molecular weight excluding hydrogens is 564 g/mol. The molecule has 0 bridgehead atoms. The van der Waals surface area contributed by atoms with Gasteiger partial charge < -0.3 is 0 Å². The summed E-state index contributed by atoms with van der Waals surface area (Å²) < 4.78 is 0.424. The molecule has 0 saturated heterocycles. The van der Waals surface area contributed by atoms with E-state index in [0.717, 1.165) is 0 Å². The van der Waals surface area contributed by atoms with Gasteiger partial charge in [-0.1, -0.05) is 0 Å². The Kier molecular flexibility index (Phi) is 7.06. The molecule has 0 radical (unpaired) electrons. The molecule has 2 aliphatic rings. The zero-order valence-electron chi connectivity index (χ0n) is 20.5. The Hall–Kier alpha value is 0.460. The summed E-state index contributed by atoms with van der Waals surface area (Å²) in [5, 5.41) is 2.97. The molecule has 2 aliphatic carbocycles. The van der Waals surface area contributed by atoms with Crippen LogP contribution in [0.3, 0.4) is 0 Å². The predicted molar refractivity (Wildman–Crippen MR) is 153 cm³/mol. The van der Waals surface area contributed by atoms with Crippen LogP contribution >= 0.6 is 32.9 Å². The average molecular weight is 600 g/mol. The second-order valence-electron chi connectivity index (χ2n) is 10.4. The molecule has 0 fully saturated rings. The van der Waals surface area contributed by atoms with Crippen molar-refractivity contribution in [3.63, 3.8) is 0 Å². The Morgan fingerprint density at radius 3 is 1.41 bits per heavy atom. The van der Waals surface area contributed by atoms with Gasteiger partial charge in [-0.15, -0.1) is 0 Å². The van der Waals surface area contributed by atoms with Gasteiger partial charge in [-0.2, -0.15) is 0 Å². The van der Waals surface area contributed by atoms with E-state index in [1.165, 1.54) is 44.0 Å². The molecule has 32 heavy (non-hydrogen) atoms. The van der Waals surface area contributed by atoms with Crippen LogP contribution in [-0.4, -0.2) is 32.6 Å². The van der Waals surface area contributed by atoms with E-state index in [9.17, 15) is 0 Å². The van der Waals surface area contributed by atoms with E-state index in [-0.39, 0.29) is 23.1 Å². The van der Waals surface area contributed by atoms with Crippen LogP contribution in [0.4, 0.5) is 0 Å². The topological polar surface area (TPSA) is 0 Å². The molecule has 2 aromatic rings. The molecule has 2 aromatic carbocycles. The van der Waals surface area contributed by atoms with Crippen LogP contribution in [0.15, 0.2) is 47.5 Å². The van der Waals surface area contributed by atoms with Gasteiger partial charge in [0.25, 0.3) is 0 Å². The van der Waals surface area contributed by atoms with Crippen molar-refractivity contribution in [2.24, 2.45) is 0 Å². The summed E-state index contributed by atoms with van der Waals surface area (Å²) in [5.74, 6) is -1.43. The molecule has 0 saturated carbocycles. The molecule has 0 spiro atoms. The molecule has 171 valence electrons. The van der Waals surface area contributed by atoms with E-state index < -0.39 is 21.5 Å². The molecule has 0 N–H and O–H groups in total. The van der Waals surface area contributed by atoms with Crippen LogP contribution in [0.25, 0.3) is 12.2 Å². The first-order valence-electron chi connectivity index (χ1n) is 11.4. The summed E-state index contributed by atoms with van der Waals surface area (Å²) >= 11 is -4.45. The minimum absolute atomic E-state index is 0.183. The van der Waals surface area contributed by atoms with Crippen molar-refractivity contribution < 1.29 is 15.6 Å². The van der Waals surface area contributed by atoms with Gasteiger partial charge >= 0.3 is 208 Å². The molecule has 0 nitrogen and oxygen atoms in total. The Labute approximate surface area is 206 Å². The van der Waals surface area contributed by atoms with E-state index in [4.69, 9.17) is 17.0 Å². The first-order valence-corrected chi connectivity index (χ1v) is 32.2. The van der Waals surface area contributed by atoms with Crippen LogP contribution in [0.2, 0.25) is 13.1 Å². The van der Waals surface area contributed by atoms with Gasteiger partial charge in [0.15, 0.2) is 0 Å². The van der Waals surface area contributed by atoms with E-state index >= 15 is 0 Å². The number of halogens is 2. The van der Waals surface area contributed by atoms with Crippen molar-refractivity contribution in [2.75, 3.05) is 26.7 Å². The van der Waals surface area contributed by atoms with E-state index in [1.54, 1.807) is 0 Å². The maximum atomic E-state index is 8.22. The Morgan fingerprint density at radius 1 is 0.719 bits per heavy atom. The Bertz CT molecular complexity index is 1070. The zero-order chi connectivity index (χ0) is 23.6. The predicted octanol–water partition coefficient (Wildman–Crippen LogP) is 8.02. The van der Waals surface area contributed by atoms with Gasteiger partial charge in [0.1, 0.15) is 0 Å². The van der Waals surface area contributed by atoms with Crippen LogP contribution in [0.5, 0.6) is 0 Å². The summed E-state index contributed by atoms with van der Waals surface area (Å²) in [5.41, 5.74) is 8.46. The normalized spacial score (nSPS) is 21.5. The van der Waals surface area contributed by atoms with Crippen molar-refractivity contribution in [2.45, 2.75) is 34.2 Å². The number of benzene rings is 2. The summed E-state index contributed by atoms with van der Waals surface area (Å²) in [7, 11) is 16.1. The standard InChI is InChI=1S/2C12H14P.C2H7Si.2ClH.Zr/c2*1-9-7-10-5-4-6-12(13(2)3)11(10)8-9;1-3-2;;;/h2*4-8H,1-3H3;3H,1-2H3;2*1H;/q;;;;;+2/p-2. The van der Waals surface area contributed by atoms with Gasteiger partial charge in [-0.25, -0.2) is 0 Å². The summed E-state index contributed by atoms with van der Waals surface area (Å²) in [6.07, 6.45) is 4.85. The fourth-order valence-corrected chi connectivity index (χ4v) is 41.2. The van der Waals surface area contributed by atoms with Crippen molar-refractivity contribution in [1.29, 1.82) is 0 Å². The molecule has 0 aromatic heterocycles. The van der Waals surface area contributed by atoms with Gasteiger partial charge in [-0.05, 0) is 0 Å². The van der Waals surface area contributed by atoms with Crippen LogP contribution in [0, 0.1) is 0 Å². The summed E-state index contributed by atoms with van der Waals surface area (Å²) in [6.45, 7) is 18.8. The number of allylic oxidation sites excluding steroid dienone is 2. The number of hydrogen-bond donors (Lipinski definition) is 0. The molecular formula is C26H35Cl2P2SiZr. The van der Waals surface area contributed by atoms with E-state index in [2.05, 4.69) is 102 Å². The SMILES string of the molecule is CC1=Cc2c(cccc2P(C)C)[CH]1[Zr]([Cl])([Cl])([CH]1C(C)=Cc2c1cccc2P(C)C)[SiH](C)C. The molecule has 6 heteroatoms. The second-order valence-corrected chi connectivity index (χ2v) is 57.4. The Balaban J connectivity index is 1.99.